The predicted molar refractivity (Wildman–Crippen MR) is 67.3 cm³/mol. The number of fused-ring (bicyclic) bond motifs is 1. The van der Waals surface area contributed by atoms with E-state index in [2.05, 4.69) is 20.9 Å². The second-order valence-electron chi connectivity index (χ2n) is 3.56. The van der Waals surface area contributed by atoms with E-state index in [0.29, 0.717) is 0 Å². The molecule has 1 aromatic heterocycles. The van der Waals surface area contributed by atoms with Crippen LogP contribution in [0.4, 0.5) is 0 Å². The lowest BCUT2D eigenvalue weighted by atomic mass is 10.1. The molecule has 0 unspecified atom stereocenters. The summed E-state index contributed by atoms with van der Waals surface area (Å²) in [6.07, 6.45) is 3.04. The molecule has 1 aromatic carbocycles. The standard InChI is InChI=1S/C12H10BrNO2/c1-7(4-12(15)16)10-6-14-11-3-2-8(13)5-9(10)11/h2-6,14H,1H3,(H,15,16)/b7-4+. The third-order valence-electron chi connectivity index (χ3n) is 2.41. The first-order chi connectivity index (χ1) is 7.58. The zero-order chi connectivity index (χ0) is 11.7. The maximum Gasteiger partial charge on any atom is 0.328 e. The molecular weight excluding hydrogens is 270 g/mol. The van der Waals surface area contributed by atoms with Crippen LogP contribution in [0, 0.1) is 0 Å². The molecule has 0 aliphatic rings. The van der Waals surface area contributed by atoms with Crippen molar-refractivity contribution in [2.24, 2.45) is 0 Å². The molecular formula is C12H10BrNO2. The van der Waals surface area contributed by atoms with Gasteiger partial charge in [0.25, 0.3) is 0 Å². The summed E-state index contributed by atoms with van der Waals surface area (Å²) in [7, 11) is 0. The minimum Gasteiger partial charge on any atom is -0.478 e. The number of allylic oxidation sites excluding steroid dienone is 1. The normalized spacial score (nSPS) is 12.0. The number of carbonyl (C=O) groups is 1. The van der Waals surface area contributed by atoms with Crippen LogP contribution in [0.1, 0.15) is 12.5 Å². The van der Waals surface area contributed by atoms with Crippen molar-refractivity contribution in [3.05, 3.63) is 40.5 Å². The summed E-state index contributed by atoms with van der Waals surface area (Å²) >= 11 is 3.40. The van der Waals surface area contributed by atoms with Crippen LogP contribution in [0.3, 0.4) is 0 Å². The van der Waals surface area contributed by atoms with Gasteiger partial charge in [-0.15, -0.1) is 0 Å². The number of carboxylic acids is 1. The number of rotatable bonds is 2. The monoisotopic (exact) mass is 279 g/mol. The number of H-pyrrole nitrogens is 1. The quantitative estimate of drug-likeness (QED) is 0.828. The summed E-state index contributed by atoms with van der Waals surface area (Å²) < 4.78 is 0.976. The minimum atomic E-state index is -0.929. The molecule has 0 bridgehead atoms. The second-order valence-corrected chi connectivity index (χ2v) is 4.47. The van der Waals surface area contributed by atoms with Crippen molar-refractivity contribution in [3.63, 3.8) is 0 Å². The number of aromatic amines is 1. The molecule has 0 aliphatic carbocycles. The average molecular weight is 280 g/mol. The van der Waals surface area contributed by atoms with Crippen molar-refractivity contribution < 1.29 is 9.90 Å². The van der Waals surface area contributed by atoms with E-state index < -0.39 is 5.97 Å². The molecule has 4 heteroatoms. The maximum absolute atomic E-state index is 10.6. The number of benzene rings is 1. The Morgan fingerprint density at radius 1 is 1.50 bits per heavy atom. The Balaban J connectivity index is 2.61. The molecule has 0 aliphatic heterocycles. The molecule has 3 nitrogen and oxygen atoms in total. The Bertz CT molecular complexity index is 584. The molecule has 2 N–H and O–H groups in total. The van der Waals surface area contributed by atoms with Crippen LogP contribution < -0.4 is 0 Å². The summed E-state index contributed by atoms with van der Waals surface area (Å²) in [6.45, 7) is 1.79. The highest BCUT2D eigenvalue weighted by atomic mass is 79.9. The third kappa shape index (κ3) is 2.02. The van der Waals surface area contributed by atoms with Crippen LogP contribution in [0.15, 0.2) is 34.9 Å². The van der Waals surface area contributed by atoms with E-state index in [1.807, 2.05) is 24.4 Å². The zero-order valence-electron chi connectivity index (χ0n) is 8.62. The van der Waals surface area contributed by atoms with E-state index in [1.165, 1.54) is 6.08 Å². The number of hydrogen-bond donors (Lipinski definition) is 2. The van der Waals surface area contributed by atoms with Crippen molar-refractivity contribution >= 4 is 38.4 Å². The van der Waals surface area contributed by atoms with E-state index in [0.717, 1.165) is 26.5 Å². The predicted octanol–water partition coefficient (Wildman–Crippen LogP) is 3.42. The second kappa shape index (κ2) is 4.14. The Morgan fingerprint density at radius 3 is 2.94 bits per heavy atom. The van der Waals surface area contributed by atoms with Crippen LogP contribution in [0.25, 0.3) is 16.5 Å². The first-order valence-electron chi connectivity index (χ1n) is 4.76. The van der Waals surface area contributed by atoms with E-state index in [-0.39, 0.29) is 0 Å². The summed E-state index contributed by atoms with van der Waals surface area (Å²) in [5, 5.41) is 9.73. The van der Waals surface area contributed by atoms with Gasteiger partial charge < -0.3 is 10.1 Å². The summed E-state index contributed by atoms with van der Waals surface area (Å²) in [5.74, 6) is -0.929. The molecule has 0 saturated heterocycles. The van der Waals surface area contributed by atoms with Crippen molar-refractivity contribution in [1.82, 2.24) is 4.98 Å². The SMILES string of the molecule is C/C(=C\C(=O)O)c1c[nH]c2ccc(Br)cc12. The van der Waals surface area contributed by atoms with Crippen LogP contribution in [0.5, 0.6) is 0 Å². The molecule has 16 heavy (non-hydrogen) atoms. The van der Waals surface area contributed by atoms with E-state index in [9.17, 15) is 4.79 Å². The van der Waals surface area contributed by atoms with Gasteiger partial charge in [0.1, 0.15) is 0 Å². The van der Waals surface area contributed by atoms with Crippen molar-refractivity contribution in [1.29, 1.82) is 0 Å². The number of nitrogens with one attached hydrogen (secondary N) is 1. The molecule has 1 heterocycles. The van der Waals surface area contributed by atoms with Crippen LogP contribution in [0.2, 0.25) is 0 Å². The highest BCUT2D eigenvalue weighted by molar-refractivity contribution is 9.10. The van der Waals surface area contributed by atoms with Gasteiger partial charge in [0.2, 0.25) is 0 Å². The molecule has 0 radical (unpaired) electrons. The van der Waals surface area contributed by atoms with Gasteiger partial charge in [0.05, 0.1) is 0 Å². The Kier molecular flexibility index (Phi) is 2.83. The number of hydrogen-bond acceptors (Lipinski definition) is 1. The molecule has 2 aromatic rings. The summed E-state index contributed by atoms with van der Waals surface area (Å²) in [5.41, 5.74) is 2.65. The Morgan fingerprint density at radius 2 is 2.25 bits per heavy atom. The minimum absolute atomic E-state index is 0.733. The average Bonchev–Trinajstić information content (AvgIpc) is 2.59. The van der Waals surface area contributed by atoms with Gasteiger partial charge in [-0.1, -0.05) is 15.9 Å². The first kappa shape index (κ1) is 11.0. The molecule has 0 atom stereocenters. The topological polar surface area (TPSA) is 53.1 Å². The molecule has 0 amide bonds. The molecule has 0 saturated carbocycles. The number of aromatic nitrogens is 1. The van der Waals surface area contributed by atoms with Crippen LogP contribution >= 0.6 is 15.9 Å². The van der Waals surface area contributed by atoms with Crippen molar-refractivity contribution in [2.45, 2.75) is 6.92 Å². The highest BCUT2D eigenvalue weighted by Gasteiger charge is 2.06. The molecule has 82 valence electrons. The maximum atomic E-state index is 10.6. The fourth-order valence-corrected chi connectivity index (χ4v) is 2.04. The third-order valence-corrected chi connectivity index (χ3v) is 2.90. The van der Waals surface area contributed by atoms with E-state index >= 15 is 0 Å². The lowest BCUT2D eigenvalue weighted by molar-refractivity contribution is -0.131. The Hall–Kier alpha value is -1.55. The lowest BCUT2D eigenvalue weighted by Crippen LogP contribution is -1.89. The Labute approximate surface area is 101 Å². The lowest BCUT2D eigenvalue weighted by Gasteiger charge is -1.98. The van der Waals surface area contributed by atoms with Crippen molar-refractivity contribution in [3.8, 4) is 0 Å². The van der Waals surface area contributed by atoms with Crippen LogP contribution in [-0.2, 0) is 4.79 Å². The number of carboxylic acid groups (broad SMARTS) is 1. The first-order valence-corrected chi connectivity index (χ1v) is 5.55. The van der Waals surface area contributed by atoms with Gasteiger partial charge >= 0.3 is 5.97 Å². The zero-order valence-corrected chi connectivity index (χ0v) is 10.2. The van der Waals surface area contributed by atoms with Crippen molar-refractivity contribution in [2.75, 3.05) is 0 Å². The van der Waals surface area contributed by atoms with Gasteiger partial charge in [-0.2, -0.15) is 0 Å². The fourth-order valence-electron chi connectivity index (χ4n) is 1.68. The molecule has 2 rings (SSSR count). The number of halogens is 1. The smallest absolute Gasteiger partial charge is 0.328 e. The van der Waals surface area contributed by atoms with E-state index in [1.54, 1.807) is 6.92 Å². The van der Waals surface area contributed by atoms with Gasteiger partial charge in [-0.05, 0) is 30.7 Å². The largest absolute Gasteiger partial charge is 0.478 e. The van der Waals surface area contributed by atoms with Gasteiger partial charge in [0.15, 0.2) is 0 Å². The van der Waals surface area contributed by atoms with Gasteiger partial charge in [-0.25, -0.2) is 4.79 Å². The van der Waals surface area contributed by atoms with Gasteiger partial charge in [0, 0.05) is 33.2 Å². The van der Waals surface area contributed by atoms with E-state index in [4.69, 9.17) is 5.11 Å². The summed E-state index contributed by atoms with van der Waals surface area (Å²) in [6, 6.07) is 5.87. The van der Waals surface area contributed by atoms with Crippen LogP contribution in [-0.4, -0.2) is 16.1 Å². The van der Waals surface area contributed by atoms with Gasteiger partial charge in [-0.3, -0.25) is 0 Å². The summed E-state index contributed by atoms with van der Waals surface area (Å²) in [4.78, 5) is 13.7. The fraction of sp³-hybridized carbons (Fsp3) is 0.0833. The highest BCUT2D eigenvalue weighted by Crippen LogP contribution is 2.27. The molecule has 0 spiro atoms. The number of aliphatic carboxylic acids is 1. The molecule has 0 fully saturated rings.